The van der Waals surface area contributed by atoms with Crippen molar-refractivity contribution < 1.29 is 9.59 Å². The summed E-state index contributed by atoms with van der Waals surface area (Å²) in [4.78, 5) is 26.3. The highest BCUT2D eigenvalue weighted by atomic mass is 79.9. The predicted molar refractivity (Wildman–Crippen MR) is 94.9 cm³/mol. The summed E-state index contributed by atoms with van der Waals surface area (Å²) in [5.74, 6) is -0.873. The minimum atomic E-state index is -0.671. The van der Waals surface area contributed by atoms with Crippen LogP contribution in [0.3, 0.4) is 0 Å². The molecule has 8 nitrogen and oxygen atoms in total. The molecule has 9 heteroatoms. The summed E-state index contributed by atoms with van der Waals surface area (Å²) < 4.78 is 2.33. The van der Waals surface area contributed by atoms with Crippen LogP contribution in [0.25, 0.3) is 5.52 Å². The Morgan fingerprint density at radius 3 is 2.92 bits per heavy atom. The van der Waals surface area contributed by atoms with E-state index in [-0.39, 0.29) is 29.9 Å². The van der Waals surface area contributed by atoms with Gasteiger partial charge in [-0.15, -0.1) is 0 Å². The zero-order valence-electron chi connectivity index (χ0n) is 13.6. The average Bonchev–Trinajstić information content (AvgIpc) is 3.13. The second-order valence-electron chi connectivity index (χ2n) is 6.06. The van der Waals surface area contributed by atoms with Crippen LogP contribution in [0.2, 0.25) is 0 Å². The normalized spacial score (nSPS) is 19.7. The summed E-state index contributed by atoms with van der Waals surface area (Å²) in [6.07, 6.45) is 2.81. The summed E-state index contributed by atoms with van der Waals surface area (Å²) in [5, 5.41) is 16.4. The van der Waals surface area contributed by atoms with Gasteiger partial charge in [0.05, 0.1) is 35.1 Å². The third-order valence-corrected chi connectivity index (χ3v) is 4.82. The zero-order chi connectivity index (χ0) is 18.1. The number of nitrogens with two attached hydrogens (primary N) is 1. The number of hydrogen-bond acceptors (Lipinski definition) is 5. The maximum Gasteiger partial charge on any atom is 0.252 e. The van der Waals surface area contributed by atoms with Crippen molar-refractivity contribution in [3.63, 3.8) is 0 Å². The monoisotopic (exact) mass is 404 g/mol. The molecule has 1 aliphatic heterocycles. The summed E-state index contributed by atoms with van der Waals surface area (Å²) in [6.45, 7) is 3.35. The average molecular weight is 405 g/mol. The number of amides is 2. The Morgan fingerprint density at radius 1 is 1.56 bits per heavy atom. The fraction of sp³-hybridized carbons (Fsp3) is 0.375. The number of carbonyl (C=O) groups excluding carboxylic acids is 2. The van der Waals surface area contributed by atoms with Crippen molar-refractivity contribution in [1.29, 1.82) is 5.26 Å². The van der Waals surface area contributed by atoms with E-state index in [4.69, 9.17) is 11.0 Å². The van der Waals surface area contributed by atoms with Crippen molar-refractivity contribution in [2.45, 2.75) is 19.4 Å². The number of rotatable bonds is 4. The Morgan fingerprint density at radius 2 is 2.32 bits per heavy atom. The van der Waals surface area contributed by atoms with E-state index >= 15 is 0 Å². The minimum Gasteiger partial charge on any atom is -0.365 e. The maximum absolute atomic E-state index is 12.8. The number of halogens is 1. The first-order chi connectivity index (χ1) is 11.9. The molecule has 1 aliphatic rings. The molecule has 3 heterocycles. The number of aromatic nitrogens is 2. The number of carbonyl (C=O) groups is 2. The lowest BCUT2D eigenvalue weighted by atomic mass is 10.0. The molecular weight excluding hydrogens is 388 g/mol. The largest absolute Gasteiger partial charge is 0.365 e. The standard InChI is InChI=1S/C16H17BrN6O2/c1-9-5-20-7-13(9)23(14(24)2-3-18)15-11(16(19)25)6-21-22-8-10(17)4-12(15)22/h4,6,8-9,13,20H,2,5,7H2,1H3,(H2,19,25)/t9-,13+/m0/s1. The fourth-order valence-electron chi connectivity index (χ4n) is 3.22. The number of fused-ring (bicyclic) bond motifs is 1. The first kappa shape index (κ1) is 17.4. The van der Waals surface area contributed by atoms with E-state index in [2.05, 4.69) is 26.3 Å². The Labute approximate surface area is 152 Å². The lowest BCUT2D eigenvalue weighted by Gasteiger charge is -2.32. The second kappa shape index (κ2) is 6.82. The van der Waals surface area contributed by atoms with Crippen molar-refractivity contribution in [3.8, 4) is 6.07 Å². The lowest BCUT2D eigenvalue weighted by molar-refractivity contribution is -0.118. The van der Waals surface area contributed by atoms with E-state index in [1.165, 1.54) is 11.1 Å². The quantitative estimate of drug-likeness (QED) is 0.789. The van der Waals surface area contributed by atoms with Crippen molar-refractivity contribution in [2.24, 2.45) is 11.7 Å². The van der Waals surface area contributed by atoms with Gasteiger partial charge in [0.25, 0.3) is 5.91 Å². The van der Waals surface area contributed by atoms with Crippen molar-refractivity contribution in [3.05, 3.63) is 28.5 Å². The van der Waals surface area contributed by atoms with E-state index < -0.39 is 5.91 Å². The van der Waals surface area contributed by atoms with Crippen LogP contribution < -0.4 is 16.0 Å². The molecule has 1 saturated heterocycles. The zero-order valence-corrected chi connectivity index (χ0v) is 15.2. The molecule has 0 bridgehead atoms. The van der Waals surface area contributed by atoms with Crippen LogP contribution >= 0.6 is 15.9 Å². The number of nitrogens with zero attached hydrogens (tertiary/aromatic N) is 4. The molecule has 2 amide bonds. The molecule has 0 radical (unpaired) electrons. The molecule has 2 aromatic rings. The van der Waals surface area contributed by atoms with Gasteiger partial charge in [0.2, 0.25) is 5.91 Å². The Hall–Kier alpha value is -2.44. The van der Waals surface area contributed by atoms with Gasteiger partial charge in [-0.05, 0) is 34.5 Å². The van der Waals surface area contributed by atoms with Gasteiger partial charge in [-0.25, -0.2) is 4.52 Å². The summed E-state index contributed by atoms with van der Waals surface area (Å²) in [5.41, 5.74) is 6.67. The van der Waals surface area contributed by atoms with E-state index in [1.807, 2.05) is 13.0 Å². The van der Waals surface area contributed by atoms with Gasteiger partial charge in [0.1, 0.15) is 6.42 Å². The highest BCUT2D eigenvalue weighted by Gasteiger charge is 2.36. The van der Waals surface area contributed by atoms with Crippen LogP contribution in [0.4, 0.5) is 5.69 Å². The number of hydrogen-bond donors (Lipinski definition) is 2. The first-order valence-electron chi connectivity index (χ1n) is 7.80. The van der Waals surface area contributed by atoms with Crippen LogP contribution in [0, 0.1) is 17.2 Å². The number of nitrogens with one attached hydrogen (secondary N) is 1. The molecule has 0 unspecified atom stereocenters. The van der Waals surface area contributed by atoms with Gasteiger partial charge in [-0.2, -0.15) is 10.4 Å². The SMILES string of the molecule is C[C@H]1CNC[C@H]1N(C(=O)CC#N)c1c(C(N)=O)cnn2cc(Br)cc12. The maximum atomic E-state index is 12.8. The second-order valence-corrected chi connectivity index (χ2v) is 6.98. The smallest absolute Gasteiger partial charge is 0.252 e. The Kier molecular flexibility index (Phi) is 4.74. The molecule has 0 aromatic carbocycles. The molecule has 3 N–H and O–H groups in total. The highest BCUT2D eigenvalue weighted by molar-refractivity contribution is 9.10. The van der Waals surface area contributed by atoms with Gasteiger partial charge in [0.15, 0.2) is 0 Å². The van der Waals surface area contributed by atoms with Crippen molar-refractivity contribution in [2.75, 3.05) is 18.0 Å². The van der Waals surface area contributed by atoms with Crippen LogP contribution in [0.15, 0.2) is 22.9 Å². The molecule has 3 rings (SSSR count). The number of anilines is 1. The number of nitriles is 1. The molecule has 2 atom stereocenters. The molecule has 0 spiro atoms. The number of primary amides is 1. The molecular formula is C16H17BrN6O2. The topological polar surface area (TPSA) is 117 Å². The minimum absolute atomic E-state index is 0.156. The third-order valence-electron chi connectivity index (χ3n) is 4.39. The first-order valence-corrected chi connectivity index (χ1v) is 8.59. The van der Waals surface area contributed by atoms with Crippen LogP contribution in [0.5, 0.6) is 0 Å². The van der Waals surface area contributed by atoms with Crippen molar-refractivity contribution in [1.82, 2.24) is 14.9 Å². The highest BCUT2D eigenvalue weighted by Crippen LogP contribution is 2.33. The van der Waals surface area contributed by atoms with Gasteiger partial charge in [-0.3, -0.25) is 9.59 Å². The molecule has 130 valence electrons. The summed E-state index contributed by atoms with van der Waals surface area (Å²) in [6, 6.07) is 3.49. The van der Waals surface area contributed by atoms with Gasteiger partial charge in [0, 0.05) is 17.2 Å². The van der Waals surface area contributed by atoms with E-state index in [1.54, 1.807) is 16.8 Å². The van der Waals surface area contributed by atoms with Crippen LogP contribution in [0.1, 0.15) is 23.7 Å². The third kappa shape index (κ3) is 3.10. The molecule has 25 heavy (non-hydrogen) atoms. The summed E-state index contributed by atoms with van der Waals surface area (Å²) >= 11 is 3.39. The van der Waals surface area contributed by atoms with Gasteiger partial charge in [-0.1, -0.05) is 6.92 Å². The van der Waals surface area contributed by atoms with E-state index in [0.717, 1.165) is 11.0 Å². The fourth-order valence-corrected chi connectivity index (χ4v) is 3.63. The molecule has 0 saturated carbocycles. The summed E-state index contributed by atoms with van der Waals surface area (Å²) in [7, 11) is 0. The van der Waals surface area contributed by atoms with Gasteiger partial charge >= 0.3 is 0 Å². The van der Waals surface area contributed by atoms with Crippen LogP contribution in [-0.2, 0) is 4.79 Å². The van der Waals surface area contributed by atoms with Crippen LogP contribution in [-0.4, -0.2) is 40.6 Å². The molecule has 2 aromatic heterocycles. The van der Waals surface area contributed by atoms with Crippen molar-refractivity contribution >= 4 is 38.9 Å². The predicted octanol–water partition coefficient (Wildman–Crippen LogP) is 1.05. The van der Waals surface area contributed by atoms with E-state index in [0.29, 0.717) is 17.7 Å². The molecule has 0 aliphatic carbocycles. The Balaban J connectivity index is 2.27. The van der Waals surface area contributed by atoms with Gasteiger partial charge < -0.3 is 16.0 Å². The van der Waals surface area contributed by atoms with E-state index in [9.17, 15) is 9.59 Å². The Bertz CT molecular complexity index is 887. The molecule has 1 fully saturated rings. The lowest BCUT2D eigenvalue weighted by Crippen LogP contribution is -2.45.